The molecular formula is C17H25N3O. The summed E-state index contributed by atoms with van der Waals surface area (Å²) in [5, 5.41) is 0. The molecule has 4 heteroatoms. The van der Waals surface area contributed by atoms with Gasteiger partial charge in [-0.05, 0) is 25.0 Å². The van der Waals surface area contributed by atoms with Crippen molar-refractivity contribution in [3.05, 3.63) is 29.6 Å². The van der Waals surface area contributed by atoms with Crippen molar-refractivity contribution >= 4 is 5.91 Å². The van der Waals surface area contributed by atoms with Crippen LogP contribution in [0.5, 0.6) is 0 Å². The number of nitrogens with two attached hydrogens (primary N) is 1. The lowest BCUT2D eigenvalue weighted by Crippen LogP contribution is -2.36. The summed E-state index contributed by atoms with van der Waals surface area (Å²) in [6, 6.07) is 3.60. The molecule has 0 saturated heterocycles. The SMILES string of the molecule is CCC(CC)CN(CC)C(=O)c1ncccc1C#CCN. The Bertz CT molecular complexity index is 512. The van der Waals surface area contributed by atoms with Crippen molar-refractivity contribution in [2.24, 2.45) is 11.7 Å². The maximum Gasteiger partial charge on any atom is 0.273 e. The average molecular weight is 287 g/mol. The van der Waals surface area contributed by atoms with Gasteiger partial charge in [0.1, 0.15) is 5.69 Å². The molecule has 0 aliphatic carbocycles. The van der Waals surface area contributed by atoms with Gasteiger partial charge in [-0.2, -0.15) is 0 Å². The van der Waals surface area contributed by atoms with Crippen LogP contribution in [0.25, 0.3) is 0 Å². The largest absolute Gasteiger partial charge is 0.337 e. The zero-order valence-electron chi connectivity index (χ0n) is 13.2. The molecule has 0 atom stereocenters. The molecular weight excluding hydrogens is 262 g/mol. The van der Waals surface area contributed by atoms with Gasteiger partial charge in [-0.25, -0.2) is 4.98 Å². The minimum atomic E-state index is -0.0497. The molecule has 1 heterocycles. The molecule has 0 spiro atoms. The van der Waals surface area contributed by atoms with Gasteiger partial charge in [-0.3, -0.25) is 4.79 Å². The number of hydrogen-bond acceptors (Lipinski definition) is 3. The fourth-order valence-corrected chi connectivity index (χ4v) is 2.19. The fraction of sp³-hybridized carbons (Fsp3) is 0.529. The molecule has 1 aromatic heterocycles. The number of carbonyl (C=O) groups is 1. The third-order valence-electron chi connectivity index (χ3n) is 3.64. The van der Waals surface area contributed by atoms with Gasteiger partial charge in [-0.15, -0.1) is 0 Å². The Morgan fingerprint density at radius 2 is 2.10 bits per heavy atom. The van der Waals surface area contributed by atoms with Gasteiger partial charge in [0.15, 0.2) is 0 Å². The normalized spacial score (nSPS) is 10.1. The summed E-state index contributed by atoms with van der Waals surface area (Å²) in [5.74, 6) is 6.19. The first-order valence-corrected chi connectivity index (χ1v) is 7.61. The second-order valence-electron chi connectivity index (χ2n) is 4.93. The van der Waals surface area contributed by atoms with Crippen molar-refractivity contribution in [3.8, 4) is 11.8 Å². The van der Waals surface area contributed by atoms with Gasteiger partial charge in [0.25, 0.3) is 5.91 Å². The van der Waals surface area contributed by atoms with Crippen molar-refractivity contribution in [1.29, 1.82) is 0 Å². The Balaban J connectivity index is 3.00. The molecule has 0 saturated carbocycles. The summed E-state index contributed by atoms with van der Waals surface area (Å²) in [6.45, 7) is 8.03. The van der Waals surface area contributed by atoms with Gasteiger partial charge in [0, 0.05) is 19.3 Å². The summed E-state index contributed by atoms with van der Waals surface area (Å²) < 4.78 is 0. The quantitative estimate of drug-likeness (QED) is 0.817. The molecule has 4 nitrogen and oxygen atoms in total. The highest BCUT2D eigenvalue weighted by Crippen LogP contribution is 2.13. The molecule has 0 bridgehead atoms. The number of hydrogen-bond donors (Lipinski definition) is 1. The van der Waals surface area contributed by atoms with E-state index >= 15 is 0 Å². The van der Waals surface area contributed by atoms with Gasteiger partial charge >= 0.3 is 0 Å². The first kappa shape index (κ1) is 17.2. The Kier molecular flexibility index (Phi) is 7.49. The van der Waals surface area contributed by atoms with Gasteiger partial charge in [-0.1, -0.05) is 38.5 Å². The van der Waals surface area contributed by atoms with Crippen molar-refractivity contribution in [1.82, 2.24) is 9.88 Å². The van der Waals surface area contributed by atoms with E-state index in [1.807, 2.05) is 17.9 Å². The predicted octanol–water partition coefficient (Wildman–Crippen LogP) is 2.29. The Morgan fingerprint density at radius 1 is 1.38 bits per heavy atom. The Labute approximate surface area is 127 Å². The standard InChI is InChI=1S/C17H25N3O/c1-4-14(5-2)13-20(6-3)17(21)16-15(9-7-11-18)10-8-12-19-16/h8,10,12,14H,4-6,11,13,18H2,1-3H3. The van der Waals surface area contributed by atoms with E-state index in [2.05, 4.69) is 30.7 Å². The lowest BCUT2D eigenvalue weighted by atomic mass is 10.0. The summed E-state index contributed by atoms with van der Waals surface area (Å²) in [4.78, 5) is 18.8. The van der Waals surface area contributed by atoms with Crippen LogP contribution in [-0.2, 0) is 0 Å². The highest BCUT2D eigenvalue weighted by molar-refractivity contribution is 5.94. The maximum atomic E-state index is 12.7. The molecule has 2 N–H and O–H groups in total. The zero-order valence-corrected chi connectivity index (χ0v) is 13.2. The topological polar surface area (TPSA) is 59.2 Å². The van der Waals surface area contributed by atoms with E-state index in [0.29, 0.717) is 23.7 Å². The van der Waals surface area contributed by atoms with Crippen molar-refractivity contribution in [2.75, 3.05) is 19.6 Å². The molecule has 1 amide bonds. The van der Waals surface area contributed by atoms with E-state index in [1.165, 1.54) is 0 Å². The number of rotatable bonds is 6. The minimum absolute atomic E-state index is 0.0497. The van der Waals surface area contributed by atoms with Crippen molar-refractivity contribution in [3.63, 3.8) is 0 Å². The summed E-state index contributed by atoms with van der Waals surface area (Å²) >= 11 is 0. The Morgan fingerprint density at radius 3 is 2.67 bits per heavy atom. The number of carbonyl (C=O) groups excluding carboxylic acids is 1. The first-order chi connectivity index (χ1) is 10.2. The third kappa shape index (κ3) is 4.87. The summed E-state index contributed by atoms with van der Waals surface area (Å²) in [5.41, 5.74) is 6.47. The summed E-state index contributed by atoms with van der Waals surface area (Å²) in [6.07, 6.45) is 3.77. The van der Waals surface area contributed by atoms with E-state index in [9.17, 15) is 4.79 Å². The van der Waals surface area contributed by atoms with Gasteiger partial charge in [0.05, 0.1) is 12.1 Å². The highest BCUT2D eigenvalue weighted by Gasteiger charge is 2.20. The minimum Gasteiger partial charge on any atom is -0.337 e. The fourth-order valence-electron chi connectivity index (χ4n) is 2.19. The molecule has 0 aliphatic heterocycles. The maximum absolute atomic E-state index is 12.7. The van der Waals surface area contributed by atoms with E-state index in [1.54, 1.807) is 12.3 Å². The third-order valence-corrected chi connectivity index (χ3v) is 3.64. The van der Waals surface area contributed by atoms with Crippen molar-refractivity contribution in [2.45, 2.75) is 33.6 Å². The number of nitrogens with zero attached hydrogens (tertiary/aromatic N) is 2. The van der Waals surface area contributed by atoms with Crippen LogP contribution in [0.3, 0.4) is 0 Å². The van der Waals surface area contributed by atoms with E-state index in [-0.39, 0.29) is 12.5 Å². The predicted molar refractivity (Wildman–Crippen MR) is 85.8 cm³/mol. The lowest BCUT2D eigenvalue weighted by molar-refractivity contribution is 0.0728. The molecule has 1 rings (SSSR count). The molecule has 114 valence electrons. The number of aromatic nitrogens is 1. The van der Waals surface area contributed by atoms with Crippen LogP contribution in [-0.4, -0.2) is 35.4 Å². The average Bonchev–Trinajstić information content (AvgIpc) is 2.54. The highest BCUT2D eigenvalue weighted by atomic mass is 16.2. The van der Waals surface area contributed by atoms with Crippen LogP contribution in [0.15, 0.2) is 18.3 Å². The molecule has 0 aliphatic rings. The zero-order chi connectivity index (χ0) is 15.7. The molecule has 0 fully saturated rings. The van der Waals surface area contributed by atoms with Crippen LogP contribution >= 0.6 is 0 Å². The number of amides is 1. The Hall–Kier alpha value is -1.86. The van der Waals surface area contributed by atoms with Crippen LogP contribution < -0.4 is 5.73 Å². The van der Waals surface area contributed by atoms with Crippen LogP contribution in [0.4, 0.5) is 0 Å². The van der Waals surface area contributed by atoms with E-state index in [4.69, 9.17) is 5.73 Å². The van der Waals surface area contributed by atoms with Crippen LogP contribution in [0, 0.1) is 17.8 Å². The van der Waals surface area contributed by atoms with Crippen LogP contribution in [0.1, 0.15) is 49.7 Å². The lowest BCUT2D eigenvalue weighted by Gasteiger charge is -2.25. The molecule has 0 unspecified atom stereocenters. The molecule has 1 aromatic rings. The molecule has 21 heavy (non-hydrogen) atoms. The first-order valence-electron chi connectivity index (χ1n) is 7.61. The second kappa shape index (κ2) is 9.15. The monoisotopic (exact) mass is 287 g/mol. The molecule has 0 radical (unpaired) electrons. The smallest absolute Gasteiger partial charge is 0.273 e. The van der Waals surface area contributed by atoms with Crippen LogP contribution in [0.2, 0.25) is 0 Å². The summed E-state index contributed by atoms with van der Waals surface area (Å²) in [7, 11) is 0. The van der Waals surface area contributed by atoms with E-state index < -0.39 is 0 Å². The van der Waals surface area contributed by atoms with E-state index in [0.717, 1.165) is 19.4 Å². The van der Waals surface area contributed by atoms with Crippen molar-refractivity contribution < 1.29 is 4.79 Å². The molecule has 0 aromatic carbocycles. The van der Waals surface area contributed by atoms with Gasteiger partial charge < -0.3 is 10.6 Å². The number of pyridine rings is 1. The second-order valence-corrected chi connectivity index (χ2v) is 4.93. The van der Waals surface area contributed by atoms with Gasteiger partial charge in [0.2, 0.25) is 0 Å².